The average Bonchev–Trinajstić information content (AvgIpc) is 3.49. The fourth-order valence-corrected chi connectivity index (χ4v) is 5.69. The highest BCUT2D eigenvalue weighted by molar-refractivity contribution is 6.31. The van der Waals surface area contributed by atoms with Crippen LogP contribution in [0.4, 0.5) is 33.1 Å². The van der Waals surface area contributed by atoms with Gasteiger partial charge in [0.25, 0.3) is 0 Å². The zero-order chi connectivity index (χ0) is 29.8. The number of ether oxygens (including phenoxy) is 1. The SMILES string of the molecule is C=CC(=O)Nc1cc(Nc2cc(N3OCC[C@@H]3c3cccc(F)c3Cl)ncn2)c(OC)cc1N1CCC(N(C)C)CC1. The van der Waals surface area contributed by atoms with Crippen molar-refractivity contribution in [1.29, 1.82) is 0 Å². The minimum absolute atomic E-state index is 0.0651. The Morgan fingerprint density at radius 2 is 1.98 bits per heavy atom. The van der Waals surface area contributed by atoms with Crippen LogP contribution in [0.5, 0.6) is 5.75 Å². The number of methoxy groups -OCH3 is 1. The first-order valence-corrected chi connectivity index (χ1v) is 14.2. The zero-order valence-electron chi connectivity index (χ0n) is 23.9. The Balaban J connectivity index is 1.43. The topological polar surface area (TPSA) is 95.1 Å². The third kappa shape index (κ3) is 6.28. The Kier molecular flexibility index (Phi) is 9.10. The number of carbonyl (C=O) groups excluding carboxylic acids is 1. The number of piperidine rings is 1. The second-order valence-electron chi connectivity index (χ2n) is 10.4. The van der Waals surface area contributed by atoms with Crippen molar-refractivity contribution >= 4 is 46.2 Å². The average molecular weight is 596 g/mol. The highest BCUT2D eigenvalue weighted by Crippen LogP contribution is 2.41. The highest BCUT2D eigenvalue weighted by atomic mass is 35.5. The molecule has 2 aliphatic rings. The number of aromatic nitrogens is 2. The summed E-state index contributed by atoms with van der Waals surface area (Å²) in [4.78, 5) is 31.6. The highest BCUT2D eigenvalue weighted by Gasteiger charge is 2.31. The molecule has 0 saturated carbocycles. The molecule has 0 spiro atoms. The number of halogens is 2. The van der Waals surface area contributed by atoms with E-state index in [2.05, 4.69) is 51.1 Å². The van der Waals surface area contributed by atoms with Crippen molar-refractivity contribution in [3.05, 3.63) is 71.8 Å². The van der Waals surface area contributed by atoms with Crippen LogP contribution in [0.1, 0.15) is 30.9 Å². The number of rotatable bonds is 9. The van der Waals surface area contributed by atoms with Crippen LogP contribution >= 0.6 is 11.6 Å². The molecule has 1 atom stereocenters. The molecule has 0 unspecified atom stereocenters. The normalized spacial score (nSPS) is 17.4. The van der Waals surface area contributed by atoms with Gasteiger partial charge in [0.1, 0.15) is 23.7 Å². The van der Waals surface area contributed by atoms with Crippen molar-refractivity contribution in [2.24, 2.45) is 0 Å². The molecule has 3 aromatic rings. The molecule has 2 N–H and O–H groups in total. The Hall–Kier alpha value is -3.93. The summed E-state index contributed by atoms with van der Waals surface area (Å²) in [5.41, 5.74) is 2.72. The number of anilines is 5. The van der Waals surface area contributed by atoms with E-state index < -0.39 is 5.82 Å². The standard InChI is InChI=1S/C30H35ClFN7O3/c1-5-29(40)36-22-15-23(26(41-4)16-25(22)38-12-9-19(10-13-38)37(2)3)35-27-17-28(34-18-33-27)39-24(11-14-42-39)20-7-6-8-21(32)30(20)31/h5-8,15-19,24H,1,9-14H2,2-4H3,(H,36,40)(H,33,34,35)/t24-/m1/s1. The van der Waals surface area contributed by atoms with Crippen LogP contribution in [0.3, 0.4) is 0 Å². The van der Waals surface area contributed by atoms with E-state index in [1.54, 1.807) is 30.4 Å². The van der Waals surface area contributed by atoms with Gasteiger partial charge in [-0.25, -0.2) is 19.4 Å². The largest absolute Gasteiger partial charge is 0.494 e. The number of hydrogen-bond donors (Lipinski definition) is 2. The number of hydrogen-bond acceptors (Lipinski definition) is 9. The Morgan fingerprint density at radius 3 is 2.69 bits per heavy atom. The van der Waals surface area contributed by atoms with Gasteiger partial charge < -0.3 is 25.2 Å². The van der Waals surface area contributed by atoms with Gasteiger partial charge in [-0.1, -0.05) is 30.3 Å². The molecule has 3 heterocycles. The van der Waals surface area contributed by atoms with Crippen LogP contribution < -0.4 is 25.3 Å². The van der Waals surface area contributed by atoms with Crippen molar-refractivity contribution in [2.75, 3.05) is 61.5 Å². The first-order valence-electron chi connectivity index (χ1n) is 13.8. The van der Waals surface area contributed by atoms with E-state index in [0.29, 0.717) is 53.4 Å². The summed E-state index contributed by atoms with van der Waals surface area (Å²) in [6.07, 6.45) is 5.29. The van der Waals surface area contributed by atoms with E-state index >= 15 is 0 Å². The molecular formula is C30H35ClFN7O3. The lowest BCUT2D eigenvalue weighted by atomic mass is 10.0. The molecule has 5 rings (SSSR count). The first-order chi connectivity index (χ1) is 20.3. The molecule has 1 amide bonds. The fourth-order valence-electron chi connectivity index (χ4n) is 5.43. The van der Waals surface area contributed by atoms with Crippen LogP contribution in [0.25, 0.3) is 0 Å². The van der Waals surface area contributed by atoms with Gasteiger partial charge in [-0.2, -0.15) is 0 Å². The molecule has 0 aliphatic carbocycles. The molecule has 2 fully saturated rings. The van der Waals surface area contributed by atoms with E-state index in [0.717, 1.165) is 31.6 Å². The Labute approximate surface area is 250 Å². The monoisotopic (exact) mass is 595 g/mol. The summed E-state index contributed by atoms with van der Waals surface area (Å²) >= 11 is 6.29. The lowest BCUT2D eigenvalue weighted by Gasteiger charge is -2.37. The molecule has 12 heteroatoms. The minimum atomic E-state index is -0.483. The maximum absolute atomic E-state index is 14.2. The van der Waals surface area contributed by atoms with E-state index in [-0.39, 0.29) is 17.0 Å². The summed E-state index contributed by atoms with van der Waals surface area (Å²) < 4.78 is 20.0. The predicted octanol–water partition coefficient (Wildman–Crippen LogP) is 5.56. The number of nitrogens with zero attached hydrogens (tertiary/aromatic N) is 5. The van der Waals surface area contributed by atoms with Crippen molar-refractivity contribution in [3.63, 3.8) is 0 Å². The zero-order valence-corrected chi connectivity index (χ0v) is 24.7. The van der Waals surface area contributed by atoms with E-state index in [9.17, 15) is 9.18 Å². The number of amides is 1. The molecule has 42 heavy (non-hydrogen) atoms. The van der Waals surface area contributed by atoms with Crippen LogP contribution in [0, 0.1) is 5.82 Å². The maximum Gasteiger partial charge on any atom is 0.247 e. The van der Waals surface area contributed by atoms with Gasteiger partial charge in [-0.15, -0.1) is 0 Å². The van der Waals surface area contributed by atoms with Crippen molar-refractivity contribution in [3.8, 4) is 5.75 Å². The number of carbonyl (C=O) groups is 1. The van der Waals surface area contributed by atoms with Crippen molar-refractivity contribution in [2.45, 2.75) is 31.3 Å². The molecular weight excluding hydrogens is 561 g/mol. The summed E-state index contributed by atoms with van der Waals surface area (Å²) in [6.45, 7) is 5.72. The summed E-state index contributed by atoms with van der Waals surface area (Å²) in [5, 5.41) is 7.94. The van der Waals surface area contributed by atoms with Gasteiger partial charge in [-0.05, 0) is 50.7 Å². The molecule has 2 saturated heterocycles. The lowest BCUT2D eigenvalue weighted by molar-refractivity contribution is -0.111. The summed E-state index contributed by atoms with van der Waals surface area (Å²) in [5.74, 6) is 0.739. The van der Waals surface area contributed by atoms with Crippen LogP contribution in [0.2, 0.25) is 5.02 Å². The minimum Gasteiger partial charge on any atom is -0.494 e. The van der Waals surface area contributed by atoms with E-state index in [1.165, 1.54) is 18.5 Å². The van der Waals surface area contributed by atoms with Gasteiger partial charge in [0.05, 0.1) is 41.8 Å². The van der Waals surface area contributed by atoms with Gasteiger partial charge >= 0.3 is 0 Å². The lowest BCUT2D eigenvalue weighted by Crippen LogP contribution is -2.42. The van der Waals surface area contributed by atoms with Gasteiger partial charge in [0.15, 0.2) is 5.82 Å². The molecule has 1 aromatic heterocycles. The summed E-state index contributed by atoms with van der Waals surface area (Å²) in [6, 6.07) is 10.4. The molecule has 10 nitrogen and oxygen atoms in total. The number of nitrogens with one attached hydrogen (secondary N) is 2. The molecule has 222 valence electrons. The number of benzene rings is 2. The van der Waals surface area contributed by atoms with Crippen molar-refractivity contribution in [1.82, 2.24) is 14.9 Å². The number of hydroxylamine groups is 1. The molecule has 0 radical (unpaired) electrons. The second kappa shape index (κ2) is 12.9. The van der Waals surface area contributed by atoms with Crippen LogP contribution in [-0.2, 0) is 9.63 Å². The second-order valence-corrected chi connectivity index (χ2v) is 10.8. The van der Waals surface area contributed by atoms with Gasteiger partial charge in [0, 0.05) is 37.7 Å². The summed E-state index contributed by atoms with van der Waals surface area (Å²) in [7, 11) is 5.80. The Morgan fingerprint density at radius 1 is 1.19 bits per heavy atom. The van der Waals surface area contributed by atoms with E-state index in [1.807, 2.05) is 12.1 Å². The predicted molar refractivity (Wildman–Crippen MR) is 163 cm³/mol. The van der Waals surface area contributed by atoms with Gasteiger partial charge in [0.2, 0.25) is 5.91 Å². The fraction of sp³-hybridized carbons (Fsp3) is 0.367. The third-order valence-corrected chi connectivity index (χ3v) is 8.08. The third-order valence-electron chi connectivity index (χ3n) is 7.68. The Bertz CT molecular complexity index is 1450. The van der Waals surface area contributed by atoms with Crippen LogP contribution in [-0.4, -0.2) is 67.7 Å². The van der Waals surface area contributed by atoms with Crippen LogP contribution in [0.15, 0.2) is 55.4 Å². The van der Waals surface area contributed by atoms with Crippen molar-refractivity contribution < 1.29 is 18.8 Å². The smallest absolute Gasteiger partial charge is 0.247 e. The quantitative estimate of drug-likeness (QED) is 0.308. The molecule has 2 aliphatic heterocycles. The maximum atomic E-state index is 14.2. The van der Waals surface area contributed by atoms with Gasteiger partial charge in [-0.3, -0.25) is 9.63 Å². The molecule has 0 bridgehead atoms. The van der Waals surface area contributed by atoms with E-state index in [4.69, 9.17) is 21.2 Å². The molecule has 2 aromatic carbocycles. The first kappa shape index (κ1) is 29.6.